The monoisotopic (exact) mass is 591 g/mol. The zero-order valence-electron chi connectivity index (χ0n) is 24.6. The predicted molar refractivity (Wildman–Crippen MR) is 160 cm³/mol. The van der Waals surface area contributed by atoms with Crippen molar-refractivity contribution in [1.82, 2.24) is 4.98 Å². The highest BCUT2D eigenvalue weighted by molar-refractivity contribution is 5.66. The normalized spacial score (nSPS) is 20.8. The number of pyridine rings is 1. The molecule has 3 atom stereocenters. The molecule has 0 radical (unpaired) electrons. The number of esters is 1. The lowest BCUT2D eigenvalue weighted by molar-refractivity contribution is -0.160. The average molecular weight is 592 g/mol. The van der Waals surface area contributed by atoms with Crippen LogP contribution >= 0.6 is 0 Å². The molecular weight excluding hydrogens is 550 g/mol. The smallest absolute Gasteiger partial charge is 0.302 e. The Balaban J connectivity index is 1.26. The second-order valence-corrected chi connectivity index (χ2v) is 11.5. The fourth-order valence-corrected chi connectivity index (χ4v) is 5.94. The summed E-state index contributed by atoms with van der Waals surface area (Å²) in [7, 11) is 0. The third-order valence-corrected chi connectivity index (χ3v) is 8.14. The van der Waals surface area contributed by atoms with Crippen LogP contribution in [-0.2, 0) is 27.1 Å². The largest absolute Gasteiger partial charge is 0.504 e. The number of carbonyl (C=O) groups is 1. The summed E-state index contributed by atoms with van der Waals surface area (Å²) in [6.07, 6.45) is 10.9. The molecule has 1 saturated heterocycles. The van der Waals surface area contributed by atoms with Gasteiger partial charge in [0.25, 0.3) is 0 Å². The van der Waals surface area contributed by atoms with Gasteiger partial charge in [0, 0.05) is 38.6 Å². The van der Waals surface area contributed by atoms with Gasteiger partial charge in [-0.3, -0.25) is 9.78 Å². The summed E-state index contributed by atoms with van der Waals surface area (Å²) in [5.41, 5.74) is 2.64. The van der Waals surface area contributed by atoms with Gasteiger partial charge in [-0.2, -0.15) is 0 Å². The Morgan fingerprint density at radius 3 is 2.53 bits per heavy atom. The molecular formula is C34H41NO8. The number of aromatic hydroxyl groups is 3. The summed E-state index contributed by atoms with van der Waals surface area (Å²) in [6.45, 7) is 1.68. The van der Waals surface area contributed by atoms with E-state index in [1.807, 2.05) is 24.3 Å². The minimum atomic E-state index is -0.486. The lowest BCUT2D eigenvalue weighted by Crippen LogP contribution is -2.34. The van der Waals surface area contributed by atoms with E-state index in [4.69, 9.17) is 18.9 Å². The van der Waals surface area contributed by atoms with Gasteiger partial charge in [-0.1, -0.05) is 18.6 Å². The van der Waals surface area contributed by atoms with Gasteiger partial charge < -0.3 is 34.3 Å². The van der Waals surface area contributed by atoms with E-state index in [1.54, 1.807) is 24.5 Å². The summed E-state index contributed by atoms with van der Waals surface area (Å²) >= 11 is 0. The Bertz CT molecular complexity index is 1360. The maximum atomic E-state index is 11.9. The molecule has 1 aliphatic heterocycles. The number of nitrogens with zero attached hydrogens (tertiary/aromatic N) is 1. The number of carbonyl (C=O) groups excluding carboxylic acids is 1. The first-order valence-corrected chi connectivity index (χ1v) is 15.2. The number of hydrogen-bond donors (Lipinski definition) is 3. The molecule has 2 heterocycles. The number of phenols is 3. The molecule has 0 amide bonds. The molecule has 2 aromatic carbocycles. The van der Waals surface area contributed by atoms with Crippen LogP contribution < -0.4 is 9.47 Å². The fraction of sp³-hybridized carbons (Fsp3) is 0.471. The highest BCUT2D eigenvalue weighted by Gasteiger charge is 2.33. The predicted octanol–water partition coefficient (Wildman–Crippen LogP) is 6.32. The molecule has 1 aromatic heterocycles. The molecule has 230 valence electrons. The Hall–Kier alpha value is -3.98. The molecule has 3 N–H and O–H groups in total. The topological polar surface area (TPSA) is 128 Å². The number of rotatable bonds is 11. The van der Waals surface area contributed by atoms with Crippen molar-refractivity contribution in [3.05, 3.63) is 71.5 Å². The summed E-state index contributed by atoms with van der Waals surface area (Å²) < 4.78 is 24.1. The average Bonchev–Trinajstić information content (AvgIpc) is 3.00. The molecule has 0 spiro atoms. The number of aromatic nitrogens is 1. The summed E-state index contributed by atoms with van der Waals surface area (Å²) in [4.78, 5) is 16.0. The summed E-state index contributed by atoms with van der Waals surface area (Å²) in [5, 5.41) is 31.4. The van der Waals surface area contributed by atoms with Gasteiger partial charge in [-0.25, -0.2) is 0 Å². The molecule has 1 aliphatic carbocycles. The van der Waals surface area contributed by atoms with Crippen LogP contribution in [0.3, 0.4) is 0 Å². The second kappa shape index (κ2) is 14.5. The minimum absolute atomic E-state index is 0.132. The fourth-order valence-electron chi connectivity index (χ4n) is 5.94. The molecule has 2 fully saturated rings. The van der Waals surface area contributed by atoms with Crippen molar-refractivity contribution in [3.63, 3.8) is 0 Å². The van der Waals surface area contributed by atoms with Crippen LogP contribution in [0.25, 0.3) is 0 Å². The Labute approximate surface area is 252 Å². The summed E-state index contributed by atoms with van der Waals surface area (Å²) in [5.74, 6) is -0.191. The van der Waals surface area contributed by atoms with Crippen LogP contribution in [0.4, 0.5) is 0 Å². The molecule has 9 heteroatoms. The van der Waals surface area contributed by atoms with Crippen molar-refractivity contribution in [3.8, 4) is 28.7 Å². The maximum absolute atomic E-state index is 11.9. The molecule has 9 nitrogen and oxygen atoms in total. The van der Waals surface area contributed by atoms with E-state index in [1.165, 1.54) is 19.4 Å². The molecule has 2 aliphatic rings. The molecule has 43 heavy (non-hydrogen) atoms. The zero-order valence-corrected chi connectivity index (χ0v) is 24.6. The van der Waals surface area contributed by atoms with E-state index < -0.39 is 6.10 Å². The first kappa shape index (κ1) is 30.5. The lowest BCUT2D eigenvalue weighted by atomic mass is 9.92. The minimum Gasteiger partial charge on any atom is -0.504 e. The quantitative estimate of drug-likeness (QED) is 0.173. The van der Waals surface area contributed by atoms with Gasteiger partial charge in [0.2, 0.25) is 5.75 Å². The van der Waals surface area contributed by atoms with Crippen molar-refractivity contribution in [1.29, 1.82) is 0 Å². The first-order chi connectivity index (χ1) is 20.8. The van der Waals surface area contributed by atoms with Crippen LogP contribution in [0.2, 0.25) is 0 Å². The van der Waals surface area contributed by atoms with Crippen LogP contribution in [0.1, 0.15) is 81.1 Å². The molecule has 1 saturated carbocycles. The van der Waals surface area contributed by atoms with Crippen molar-refractivity contribution in [2.24, 2.45) is 0 Å². The van der Waals surface area contributed by atoms with E-state index in [9.17, 15) is 20.1 Å². The van der Waals surface area contributed by atoms with Gasteiger partial charge in [-0.05, 0) is 85.5 Å². The van der Waals surface area contributed by atoms with Gasteiger partial charge in [0.15, 0.2) is 23.0 Å². The third kappa shape index (κ3) is 8.54. The Morgan fingerprint density at radius 2 is 1.77 bits per heavy atom. The van der Waals surface area contributed by atoms with Crippen molar-refractivity contribution >= 4 is 5.97 Å². The van der Waals surface area contributed by atoms with Crippen molar-refractivity contribution < 1.29 is 39.1 Å². The molecule has 0 bridgehead atoms. The summed E-state index contributed by atoms with van der Waals surface area (Å²) in [6, 6.07) is 12.4. The van der Waals surface area contributed by atoms with Crippen LogP contribution in [0.15, 0.2) is 54.9 Å². The lowest BCUT2D eigenvalue weighted by Gasteiger charge is -2.35. The van der Waals surface area contributed by atoms with E-state index in [2.05, 4.69) is 4.98 Å². The van der Waals surface area contributed by atoms with E-state index >= 15 is 0 Å². The molecule has 5 rings (SSSR count). The van der Waals surface area contributed by atoms with Crippen molar-refractivity contribution in [2.75, 3.05) is 6.61 Å². The van der Waals surface area contributed by atoms with Gasteiger partial charge >= 0.3 is 5.97 Å². The number of aryl methyl sites for hydroxylation is 1. The highest BCUT2D eigenvalue weighted by atomic mass is 16.6. The SMILES string of the molecule is CC(=O)OC1CC(CCc2ccc(O)c(OC3CCCCC3)c2)OC(c2cc(O)c(O)c(OCCc3cccnc3)c2)C1. The van der Waals surface area contributed by atoms with E-state index in [0.29, 0.717) is 43.4 Å². The van der Waals surface area contributed by atoms with Crippen molar-refractivity contribution in [2.45, 2.75) is 95.5 Å². The van der Waals surface area contributed by atoms with Crippen LogP contribution in [0, 0.1) is 0 Å². The second-order valence-electron chi connectivity index (χ2n) is 11.5. The number of phenolic OH excluding ortho intramolecular Hbond substituents is 3. The number of benzene rings is 2. The molecule has 3 aromatic rings. The third-order valence-electron chi connectivity index (χ3n) is 8.14. The van der Waals surface area contributed by atoms with Gasteiger partial charge in [0.1, 0.15) is 6.10 Å². The number of hydrogen-bond acceptors (Lipinski definition) is 9. The Morgan fingerprint density at radius 1 is 0.930 bits per heavy atom. The Kier molecular flexibility index (Phi) is 10.3. The van der Waals surface area contributed by atoms with Gasteiger partial charge in [-0.15, -0.1) is 0 Å². The van der Waals surface area contributed by atoms with E-state index in [0.717, 1.165) is 36.8 Å². The van der Waals surface area contributed by atoms with E-state index in [-0.39, 0.29) is 53.9 Å². The van der Waals surface area contributed by atoms with Crippen LogP contribution in [0.5, 0.6) is 28.7 Å². The van der Waals surface area contributed by atoms with Crippen LogP contribution in [-0.4, -0.2) is 51.2 Å². The number of ether oxygens (including phenoxy) is 4. The first-order valence-electron chi connectivity index (χ1n) is 15.2. The van der Waals surface area contributed by atoms with Gasteiger partial charge in [0.05, 0.1) is 24.9 Å². The highest BCUT2D eigenvalue weighted by Crippen LogP contribution is 2.42. The standard InChI is InChI=1S/C34H41NO8/c1-22(36)41-28-19-27(11-9-23-10-12-29(37)32(16-23)42-26-7-3-2-4-8-26)43-31(20-28)25-17-30(38)34(39)33(18-25)40-15-13-24-6-5-14-35-21-24/h5-6,10,12,14,16-18,21,26-28,31,37-39H,2-4,7-9,11,13,15,19-20H2,1H3. The maximum Gasteiger partial charge on any atom is 0.302 e. The zero-order chi connectivity index (χ0) is 30.2. The molecule has 3 unspecified atom stereocenters.